The quantitative estimate of drug-likeness (QED) is 0.605. The zero-order valence-corrected chi connectivity index (χ0v) is 6.03. The van der Waals surface area contributed by atoms with Gasteiger partial charge in [0.05, 0.1) is 0 Å². The Bertz CT molecular complexity index is 236. The van der Waals surface area contributed by atoms with Gasteiger partial charge in [-0.05, 0) is 6.07 Å². The van der Waals surface area contributed by atoms with E-state index in [9.17, 15) is 4.79 Å². The summed E-state index contributed by atoms with van der Waals surface area (Å²) in [6, 6.07) is 1.32. The van der Waals surface area contributed by atoms with Crippen molar-refractivity contribution >= 4 is 11.8 Å². The molecule has 0 radical (unpaired) electrons. The fourth-order valence-electron chi connectivity index (χ4n) is 0.543. The van der Waals surface area contributed by atoms with E-state index in [4.69, 9.17) is 0 Å². The summed E-state index contributed by atoms with van der Waals surface area (Å²) in [7, 11) is 1.54. The topological polar surface area (TPSA) is 66.9 Å². The van der Waals surface area contributed by atoms with Gasteiger partial charge in [-0.25, -0.2) is 14.8 Å². The van der Waals surface area contributed by atoms with Crippen LogP contribution >= 0.6 is 0 Å². The molecule has 11 heavy (non-hydrogen) atoms. The molecule has 0 saturated heterocycles. The van der Waals surface area contributed by atoms with Crippen LogP contribution in [0.1, 0.15) is 0 Å². The molecule has 0 aliphatic heterocycles. The maximum Gasteiger partial charge on any atom is 0.320 e. The lowest BCUT2D eigenvalue weighted by Crippen LogP contribution is -2.24. The van der Waals surface area contributed by atoms with Crippen molar-refractivity contribution < 1.29 is 4.79 Å². The molecule has 0 atom stereocenters. The maximum atomic E-state index is 10.7. The summed E-state index contributed by atoms with van der Waals surface area (Å²) < 4.78 is 0. The molecule has 0 bridgehead atoms. The predicted octanol–water partition coefficient (Wildman–Crippen LogP) is 0.228. The summed E-state index contributed by atoms with van der Waals surface area (Å²) in [4.78, 5) is 18.2. The van der Waals surface area contributed by atoms with E-state index in [-0.39, 0.29) is 6.03 Å². The van der Waals surface area contributed by atoms with Crippen molar-refractivity contribution in [1.82, 2.24) is 15.3 Å². The van der Waals surface area contributed by atoms with Crippen LogP contribution in [0, 0.1) is 0 Å². The SMILES string of the molecule is CNC(=O)Nc1ccncn1. The van der Waals surface area contributed by atoms with Crippen molar-refractivity contribution in [2.45, 2.75) is 0 Å². The Morgan fingerprint density at radius 3 is 3.00 bits per heavy atom. The first-order chi connectivity index (χ1) is 5.33. The fourth-order valence-corrected chi connectivity index (χ4v) is 0.543. The average molecular weight is 152 g/mol. The number of nitrogens with zero attached hydrogens (tertiary/aromatic N) is 2. The van der Waals surface area contributed by atoms with Gasteiger partial charge in [-0.3, -0.25) is 5.32 Å². The monoisotopic (exact) mass is 152 g/mol. The maximum absolute atomic E-state index is 10.7. The highest BCUT2D eigenvalue weighted by molar-refractivity contribution is 5.87. The molecule has 5 nitrogen and oxygen atoms in total. The molecule has 0 aliphatic rings. The average Bonchev–Trinajstić information content (AvgIpc) is 2.06. The lowest BCUT2D eigenvalue weighted by Gasteiger charge is -2.00. The van der Waals surface area contributed by atoms with Crippen LogP contribution in [0.4, 0.5) is 10.6 Å². The number of amides is 2. The minimum atomic E-state index is -0.288. The first kappa shape index (κ1) is 7.46. The first-order valence-corrected chi connectivity index (χ1v) is 3.07. The molecular formula is C6H8N4O. The van der Waals surface area contributed by atoms with Gasteiger partial charge in [0.15, 0.2) is 0 Å². The molecule has 5 heteroatoms. The minimum absolute atomic E-state index is 0.288. The molecule has 0 unspecified atom stereocenters. The van der Waals surface area contributed by atoms with Gasteiger partial charge in [-0.2, -0.15) is 0 Å². The van der Waals surface area contributed by atoms with Crippen LogP contribution in [0.2, 0.25) is 0 Å². The van der Waals surface area contributed by atoms with Gasteiger partial charge < -0.3 is 5.32 Å². The lowest BCUT2D eigenvalue weighted by molar-refractivity contribution is 0.254. The number of carbonyl (C=O) groups is 1. The standard InChI is InChI=1S/C6H8N4O/c1-7-6(11)10-5-2-3-8-4-9-5/h2-4H,1H3,(H2,7,8,9,10,11). The highest BCUT2D eigenvalue weighted by Crippen LogP contribution is 1.95. The second kappa shape index (κ2) is 3.50. The van der Waals surface area contributed by atoms with Gasteiger partial charge >= 0.3 is 6.03 Å². The number of nitrogens with one attached hydrogen (secondary N) is 2. The second-order valence-electron chi connectivity index (χ2n) is 1.80. The summed E-state index contributed by atoms with van der Waals surface area (Å²) in [6.45, 7) is 0. The van der Waals surface area contributed by atoms with Gasteiger partial charge in [0.2, 0.25) is 0 Å². The largest absolute Gasteiger partial charge is 0.341 e. The lowest BCUT2D eigenvalue weighted by atomic mass is 10.6. The van der Waals surface area contributed by atoms with Gasteiger partial charge in [0.1, 0.15) is 12.1 Å². The summed E-state index contributed by atoms with van der Waals surface area (Å²) in [6.07, 6.45) is 2.92. The van der Waals surface area contributed by atoms with Crippen LogP contribution in [-0.2, 0) is 0 Å². The molecular weight excluding hydrogens is 144 g/mol. The van der Waals surface area contributed by atoms with Gasteiger partial charge in [0, 0.05) is 13.2 Å². The van der Waals surface area contributed by atoms with Crippen LogP contribution < -0.4 is 10.6 Å². The highest BCUT2D eigenvalue weighted by atomic mass is 16.2. The van der Waals surface area contributed by atoms with E-state index in [1.165, 1.54) is 13.4 Å². The number of carbonyl (C=O) groups excluding carboxylic acids is 1. The normalized spacial score (nSPS) is 8.82. The smallest absolute Gasteiger partial charge is 0.320 e. The molecule has 0 aromatic carbocycles. The molecule has 2 N–H and O–H groups in total. The van der Waals surface area contributed by atoms with Crippen molar-refractivity contribution in [3.63, 3.8) is 0 Å². The number of urea groups is 1. The van der Waals surface area contributed by atoms with Crippen molar-refractivity contribution in [3.8, 4) is 0 Å². The molecule has 0 spiro atoms. The van der Waals surface area contributed by atoms with Crippen LogP contribution in [-0.4, -0.2) is 23.0 Å². The van der Waals surface area contributed by atoms with E-state index in [1.54, 1.807) is 12.3 Å². The number of anilines is 1. The molecule has 58 valence electrons. The Morgan fingerprint density at radius 1 is 1.64 bits per heavy atom. The van der Waals surface area contributed by atoms with Crippen molar-refractivity contribution in [1.29, 1.82) is 0 Å². The molecule has 1 heterocycles. The van der Waals surface area contributed by atoms with Gasteiger partial charge in [0.25, 0.3) is 0 Å². The highest BCUT2D eigenvalue weighted by Gasteiger charge is 1.96. The predicted molar refractivity (Wildman–Crippen MR) is 40.1 cm³/mol. The summed E-state index contributed by atoms with van der Waals surface area (Å²) in [5.74, 6) is 0.486. The Balaban J connectivity index is 2.58. The molecule has 1 rings (SSSR count). The molecule has 1 aromatic rings. The van der Waals surface area contributed by atoms with Gasteiger partial charge in [-0.15, -0.1) is 0 Å². The van der Waals surface area contributed by atoms with Crippen molar-refractivity contribution in [2.75, 3.05) is 12.4 Å². The van der Waals surface area contributed by atoms with Gasteiger partial charge in [-0.1, -0.05) is 0 Å². The van der Waals surface area contributed by atoms with Crippen molar-refractivity contribution in [3.05, 3.63) is 18.6 Å². The van der Waals surface area contributed by atoms with E-state index in [1.807, 2.05) is 0 Å². The Hall–Kier alpha value is -1.65. The third-order valence-corrected chi connectivity index (χ3v) is 1.05. The third kappa shape index (κ3) is 2.21. The Labute approximate surface area is 63.9 Å². The summed E-state index contributed by atoms with van der Waals surface area (Å²) in [5.41, 5.74) is 0. The zero-order valence-electron chi connectivity index (χ0n) is 6.03. The van der Waals surface area contributed by atoms with Crippen LogP contribution in [0.15, 0.2) is 18.6 Å². The minimum Gasteiger partial charge on any atom is -0.341 e. The van der Waals surface area contributed by atoms with E-state index in [2.05, 4.69) is 20.6 Å². The first-order valence-electron chi connectivity index (χ1n) is 3.07. The van der Waals surface area contributed by atoms with Crippen LogP contribution in [0.5, 0.6) is 0 Å². The van der Waals surface area contributed by atoms with Crippen molar-refractivity contribution in [2.24, 2.45) is 0 Å². The molecule has 2 amide bonds. The molecule has 0 aliphatic carbocycles. The van der Waals surface area contributed by atoms with E-state index in [0.29, 0.717) is 5.82 Å². The molecule has 0 fully saturated rings. The fraction of sp³-hybridized carbons (Fsp3) is 0.167. The number of rotatable bonds is 1. The van der Waals surface area contributed by atoms with E-state index >= 15 is 0 Å². The molecule has 0 saturated carbocycles. The van der Waals surface area contributed by atoms with E-state index in [0.717, 1.165) is 0 Å². The second-order valence-corrected chi connectivity index (χ2v) is 1.80. The molecule has 1 aromatic heterocycles. The van der Waals surface area contributed by atoms with Crippen LogP contribution in [0.25, 0.3) is 0 Å². The Morgan fingerprint density at radius 2 is 2.45 bits per heavy atom. The number of hydrogen-bond donors (Lipinski definition) is 2. The van der Waals surface area contributed by atoms with Crippen LogP contribution in [0.3, 0.4) is 0 Å². The number of hydrogen-bond acceptors (Lipinski definition) is 3. The summed E-state index contributed by atoms with van der Waals surface area (Å²) >= 11 is 0. The van der Waals surface area contributed by atoms with E-state index < -0.39 is 0 Å². The zero-order chi connectivity index (χ0) is 8.10. The Kier molecular flexibility index (Phi) is 2.37. The number of aromatic nitrogens is 2. The summed E-state index contributed by atoms with van der Waals surface area (Å²) in [5, 5.41) is 4.89. The third-order valence-electron chi connectivity index (χ3n) is 1.05.